The maximum absolute atomic E-state index is 10.4. The average Bonchev–Trinajstić information content (AvgIpc) is 2.70. The zero-order valence-electron chi connectivity index (χ0n) is 16.5. The summed E-state index contributed by atoms with van der Waals surface area (Å²) in [6.45, 7) is 5.38. The number of nitrogens with one attached hydrogen (secondary N) is 2. The van der Waals surface area contributed by atoms with Gasteiger partial charge in [-0.3, -0.25) is 4.99 Å². The van der Waals surface area contributed by atoms with Gasteiger partial charge in [0.15, 0.2) is 17.5 Å². The molecule has 0 heterocycles. The number of hydrogen-bond donors (Lipinski definition) is 3. The SMILES string of the molecule is CCNC(=NCC(O)c1ccccc1Cl)NCC(C)Oc1ccccc1OC. The minimum absolute atomic E-state index is 0.117. The van der Waals surface area contributed by atoms with Crippen LogP contribution in [0.4, 0.5) is 0 Å². The number of benzene rings is 2. The highest BCUT2D eigenvalue weighted by Gasteiger charge is 2.12. The van der Waals surface area contributed by atoms with Gasteiger partial charge >= 0.3 is 0 Å². The van der Waals surface area contributed by atoms with Crippen LogP contribution < -0.4 is 20.1 Å². The normalized spacial score (nSPS) is 13.5. The average molecular weight is 406 g/mol. The number of aliphatic hydroxyl groups excluding tert-OH is 1. The summed E-state index contributed by atoms with van der Waals surface area (Å²) < 4.78 is 11.2. The second kappa shape index (κ2) is 11.4. The maximum Gasteiger partial charge on any atom is 0.191 e. The molecule has 0 aromatic heterocycles. The fourth-order valence-corrected chi connectivity index (χ4v) is 2.84. The van der Waals surface area contributed by atoms with Crippen LogP contribution in [0.1, 0.15) is 25.5 Å². The molecule has 152 valence electrons. The van der Waals surface area contributed by atoms with Crippen LogP contribution in [0.15, 0.2) is 53.5 Å². The van der Waals surface area contributed by atoms with Gasteiger partial charge in [0.2, 0.25) is 0 Å². The van der Waals surface area contributed by atoms with Gasteiger partial charge < -0.3 is 25.2 Å². The number of hydrogen-bond acceptors (Lipinski definition) is 4. The fraction of sp³-hybridized carbons (Fsp3) is 0.381. The van der Waals surface area contributed by atoms with E-state index in [1.165, 1.54) is 0 Å². The molecule has 28 heavy (non-hydrogen) atoms. The summed E-state index contributed by atoms with van der Waals surface area (Å²) in [5, 5.41) is 17.3. The van der Waals surface area contributed by atoms with Crippen molar-refractivity contribution in [1.29, 1.82) is 0 Å². The molecule has 2 aromatic carbocycles. The number of halogens is 1. The first-order chi connectivity index (χ1) is 13.5. The maximum atomic E-state index is 10.4. The molecule has 0 aliphatic heterocycles. The Morgan fingerprint density at radius 3 is 2.46 bits per heavy atom. The molecule has 0 aliphatic carbocycles. The van der Waals surface area contributed by atoms with Gasteiger partial charge in [0.25, 0.3) is 0 Å². The number of aliphatic imine (C=N–C) groups is 1. The van der Waals surface area contributed by atoms with Crippen molar-refractivity contribution in [2.75, 3.05) is 26.7 Å². The molecular formula is C21H28ClN3O3. The quantitative estimate of drug-likeness (QED) is 0.440. The molecule has 2 rings (SSSR count). The second-order valence-electron chi connectivity index (χ2n) is 6.22. The summed E-state index contributed by atoms with van der Waals surface area (Å²) in [5.74, 6) is 1.98. The third-order valence-corrected chi connectivity index (χ3v) is 4.33. The van der Waals surface area contributed by atoms with Crippen molar-refractivity contribution in [2.24, 2.45) is 4.99 Å². The summed E-state index contributed by atoms with van der Waals surface area (Å²) in [6, 6.07) is 14.8. The van der Waals surface area contributed by atoms with Crippen molar-refractivity contribution < 1.29 is 14.6 Å². The molecular weight excluding hydrogens is 378 g/mol. The molecule has 2 aromatic rings. The third-order valence-electron chi connectivity index (χ3n) is 3.98. The lowest BCUT2D eigenvalue weighted by molar-refractivity contribution is 0.187. The molecule has 7 heteroatoms. The molecule has 0 fully saturated rings. The summed E-state index contributed by atoms with van der Waals surface area (Å²) in [6.07, 6.45) is -0.889. The largest absolute Gasteiger partial charge is 0.493 e. The van der Waals surface area contributed by atoms with Crippen LogP contribution in [0, 0.1) is 0 Å². The van der Waals surface area contributed by atoms with E-state index in [-0.39, 0.29) is 12.6 Å². The van der Waals surface area contributed by atoms with Gasteiger partial charge in [-0.2, -0.15) is 0 Å². The van der Waals surface area contributed by atoms with E-state index in [9.17, 15) is 5.11 Å². The molecule has 0 bridgehead atoms. The van der Waals surface area contributed by atoms with Crippen LogP contribution >= 0.6 is 11.6 Å². The summed E-state index contributed by atoms with van der Waals surface area (Å²) in [7, 11) is 1.62. The van der Waals surface area contributed by atoms with E-state index >= 15 is 0 Å². The second-order valence-corrected chi connectivity index (χ2v) is 6.62. The Kier molecular flexibility index (Phi) is 8.91. The highest BCUT2D eigenvalue weighted by Crippen LogP contribution is 2.26. The van der Waals surface area contributed by atoms with E-state index < -0.39 is 6.10 Å². The summed E-state index contributed by atoms with van der Waals surface area (Å²) in [4.78, 5) is 4.45. The molecule has 2 atom stereocenters. The topological polar surface area (TPSA) is 75.1 Å². The summed E-state index contributed by atoms with van der Waals surface area (Å²) in [5.41, 5.74) is 0.664. The first kappa shape index (κ1) is 21.9. The van der Waals surface area contributed by atoms with Gasteiger partial charge in [0.1, 0.15) is 12.2 Å². The van der Waals surface area contributed by atoms with Crippen molar-refractivity contribution in [1.82, 2.24) is 10.6 Å². The minimum Gasteiger partial charge on any atom is -0.493 e. The van der Waals surface area contributed by atoms with Crippen LogP contribution in [0.3, 0.4) is 0 Å². The monoisotopic (exact) mass is 405 g/mol. The van der Waals surface area contributed by atoms with E-state index in [4.69, 9.17) is 21.1 Å². The van der Waals surface area contributed by atoms with E-state index in [0.717, 1.165) is 0 Å². The highest BCUT2D eigenvalue weighted by molar-refractivity contribution is 6.31. The lowest BCUT2D eigenvalue weighted by atomic mass is 10.1. The number of rotatable bonds is 9. The van der Waals surface area contributed by atoms with Crippen molar-refractivity contribution >= 4 is 17.6 Å². The Morgan fingerprint density at radius 1 is 1.11 bits per heavy atom. The lowest BCUT2D eigenvalue weighted by Gasteiger charge is -2.19. The van der Waals surface area contributed by atoms with E-state index in [2.05, 4.69) is 15.6 Å². The van der Waals surface area contributed by atoms with Crippen LogP contribution in [0.5, 0.6) is 11.5 Å². The fourth-order valence-electron chi connectivity index (χ4n) is 2.58. The molecule has 0 saturated heterocycles. The van der Waals surface area contributed by atoms with Gasteiger partial charge in [0, 0.05) is 17.1 Å². The summed E-state index contributed by atoms with van der Waals surface area (Å²) >= 11 is 6.13. The zero-order valence-corrected chi connectivity index (χ0v) is 17.2. The first-order valence-electron chi connectivity index (χ1n) is 9.29. The van der Waals surface area contributed by atoms with Gasteiger partial charge in [0.05, 0.1) is 20.2 Å². The first-order valence-corrected chi connectivity index (χ1v) is 9.67. The Bertz CT molecular complexity index is 770. The van der Waals surface area contributed by atoms with E-state index in [1.807, 2.05) is 50.2 Å². The van der Waals surface area contributed by atoms with Crippen molar-refractivity contribution in [3.05, 3.63) is 59.1 Å². The van der Waals surface area contributed by atoms with Crippen LogP contribution in [0.25, 0.3) is 0 Å². The Hall–Kier alpha value is -2.44. The number of para-hydroxylation sites is 2. The number of guanidine groups is 1. The van der Waals surface area contributed by atoms with Crippen LogP contribution in [0.2, 0.25) is 5.02 Å². The predicted octanol–water partition coefficient (Wildman–Crippen LogP) is 3.40. The van der Waals surface area contributed by atoms with E-state index in [1.54, 1.807) is 19.2 Å². The molecule has 6 nitrogen and oxygen atoms in total. The van der Waals surface area contributed by atoms with Crippen LogP contribution in [-0.4, -0.2) is 43.9 Å². The van der Waals surface area contributed by atoms with Crippen molar-refractivity contribution in [3.8, 4) is 11.5 Å². The molecule has 0 amide bonds. The Morgan fingerprint density at radius 2 is 1.79 bits per heavy atom. The smallest absolute Gasteiger partial charge is 0.191 e. The standard InChI is InChI=1S/C21H28ClN3O3/c1-4-23-21(25-14-18(26)16-9-5-6-10-17(16)22)24-13-15(2)28-20-12-8-7-11-19(20)27-3/h5-12,15,18,26H,4,13-14H2,1-3H3,(H2,23,24,25). The van der Waals surface area contributed by atoms with Gasteiger partial charge in [-0.15, -0.1) is 0 Å². The minimum atomic E-state index is -0.772. The third kappa shape index (κ3) is 6.62. The molecule has 3 N–H and O–H groups in total. The molecule has 0 spiro atoms. The highest BCUT2D eigenvalue weighted by atomic mass is 35.5. The predicted molar refractivity (Wildman–Crippen MR) is 113 cm³/mol. The van der Waals surface area contributed by atoms with Gasteiger partial charge in [-0.1, -0.05) is 41.9 Å². The molecule has 0 aliphatic rings. The number of ether oxygens (including phenoxy) is 2. The van der Waals surface area contributed by atoms with E-state index in [0.29, 0.717) is 41.1 Å². The van der Waals surface area contributed by atoms with Crippen molar-refractivity contribution in [3.63, 3.8) is 0 Å². The lowest BCUT2D eigenvalue weighted by Crippen LogP contribution is -2.42. The Labute approximate surface area is 171 Å². The zero-order chi connectivity index (χ0) is 20.4. The number of methoxy groups -OCH3 is 1. The molecule has 2 unspecified atom stereocenters. The Balaban J connectivity index is 1.92. The van der Waals surface area contributed by atoms with Crippen molar-refractivity contribution in [2.45, 2.75) is 26.1 Å². The van der Waals surface area contributed by atoms with Gasteiger partial charge in [-0.05, 0) is 32.0 Å². The molecule has 0 saturated carbocycles. The number of nitrogens with zero attached hydrogens (tertiary/aromatic N) is 1. The molecule has 0 radical (unpaired) electrons. The van der Waals surface area contributed by atoms with Gasteiger partial charge in [-0.25, -0.2) is 0 Å². The van der Waals surface area contributed by atoms with Crippen LogP contribution in [-0.2, 0) is 0 Å². The number of aliphatic hydroxyl groups is 1.